The Labute approximate surface area is 154 Å². The number of carbonyl (C=O) groups excluding carboxylic acids is 1. The number of carbonyl (C=O) groups is 1. The van der Waals surface area contributed by atoms with Crippen LogP contribution in [0.2, 0.25) is 0 Å². The number of likely N-dealkylation sites (N-methyl/N-ethyl adjacent to an activating group) is 1. The van der Waals surface area contributed by atoms with Crippen LogP contribution in [0, 0.1) is 0 Å². The molecular formula is C24H21NO. The molecule has 1 aliphatic heterocycles. The van der Waals surface area contributed by atoms with Crippen molar-refractivity contribution in [2.24, 2.45) is 0 Å². The molecule has 0 aliphatic carbocycles. The molecule has 0 fully saturated rings. The van der Waals surface area contributed by atoms with Crippen molar-refractivity contribution in [2.45, 2.75) is 11.8 Å². The highest BCUT2D eigenvalue weighted by atomic mass is 16.2. The lowest BCUT2D eigenvalue weighted by molar-refractivity contribution is -0.121. The minimum atomic E-state index is -0.678. The molecule has 0 aromatic heterocycles. The molecule has 2 nitrogen and oxygen atoms in total. The Balaban J connectivity index is 1.85. The largest absolute Gasteiger partial charge is 0.314 e. The number of hydrogen-bond donors (Lipinski definition) is 0. The summed E-state index contributed by atoms with van der Waals surface area (Å²) in [6, 6.07) is 28.5. The number of anilines is 1. The molecule has 0 spiro atoms. The van der Waals surface area contributed by atoms with Crippen LogP contribution in [0.5, 0.6) is 0 Å². The molecular weight excluding hydrogens is 318 g/mol. The molecule has 1 amide bonds. The van der Waals surface area contributed by atoms with Gasteiger partial charge in [-0.3, -0.25) is 4.79 Å². The van der Waals surface area contributed by atoms with E-state index in [0.29, 0.717) is 6.42 Å². The lowest BCUT2D eigenvalue weighted by Crippen LogP contribution is -2.38. The Morgan fingerprint density at radius 2 is 1.46 bits per heavy atom. The van der Waals surface area contributed by atoms with Gasteiger partial charge in [0.25, 0.3) is 0 Å². The smallest absolute Gasteiger partial charge is 0.241 e. The zero-order valence-electron chi connectivity index (χ0n) is 14.8. The Hall–Kier alpha value is -3.13. The number of rotatable bonds is 4. The van der Waals surface area contributed by atoms with Gasteiger partial charge >= 0.3 is 0 Å². The van der Waals surface area contributed by atoms with Crippen molar-refractivity contribution in [3.8, 4) is 0 Å². The molecule has 0 saturated carbocycles. The first-order valence-electron chi connectivity index (χ1n) is 8.87. The Morgan fingerprint density at radius 3 is 2.19 bits per heavy atom. The lowest BCUT2D eigenvalue weighted by atomic mass is 9.76. The Bertz CT molecular complexity index is 946. The predicted molar refractivity (Wildman–Crippen MR) is 107 cm³/mol. The normalized spacial score (nSPS) is 19.1. The topological polar surface area (TPSA) is 20.3 Å². The maximum atomic E-state index is 13.4. The average Bonchev–Trinajstić information content (AvgIpc) is 2.91. The molecule has 3 aromatic rings. The van der Waals surface area contributed by atoms with E-state index in [1.54, 1.807) is 4.90 Å². The second kappa shape index (κ2) is 6.64. The first-order valence-corrected chi connectivity index (χ1v) is 8.87. The number of amides is 1. The summed E-state index contributed by atoms with van der Waals surface area (Å²) in [5, 5.41) is 0. The molecule has 0 N–H and O–H groups in total. The summed E-state index contributed by atoms with van der Waals surface area (Å²) >= 11 is 0. The Kier molecular flexibility index (Phi) is 4.18. The lowest BCUT2D eigenvalue weighted by Gasteiger charge is -2.25. The highest BCUT2D eigenvalue weighted by Gasteiger charge is 2.47. The molecule has 128 valence electrons. The number of fused-ring (bicyclic) bond motifs is 1. The van der Waals surface area contributed by atoms with Gasteiger partial charge in [0, 0.05) is 12.7 Å². The van der Waals surface area contributed by atoms with E-state index in [1.807, 2.05) is 61.6 Å². The van der Waals surface area contributed by atoms with Crippen molar-refractivity contribution >= 4 is 17.7 Å². The van der Waals surface area contributed by atoms with E-state index in [4.69, 9.17) is 0 Å². The zero-order valence-corrected chi connectivity index (χ0v) is 14.8. The van der Waals surface area contributed by atoms with Gasteiger partial charge < -0.3 is 4.90 Å². The number of hydrogen-bond acceptors (Lipinski definition) is 1. The summed E-state index contributed by atoms with van der Waals surface area (Å²) in [4.78, 5) is 15.2. The third kappa shape index (κ3) is 2.74. The summed E-state index contributed by atoms with van der Waals surface area (Å²) in [5.74, 6) is 0.120. The van der Waals surface area contributed by atoms with Gasteiger partial charge in [-0.15, -0.1) is 0 Å². The minimum absolute atomic E-state index is 0.120. The van der Waals surface area contributed by atoms with E-state index in [2.05, 4.69) is 42.5 Å². The highest BCUT2D eigenvalue weighted by molar-refractivity contribution is 6.09. The summed E-state index contributed by atoms with van der Waals surface area (Å²) in [7, 11) is 1.87. The molecule has 0 saturated heterocycles. The second-order valence-corrected chi connectivity index (χ2v) is 6.76. The summed E-state index contributed by atoms with van der Waals surface area (Å²) in [6.07, 6.45) is 4.80. The van der Waals surface area contributed by atoms with Crippen molar-refractivity contribution in [1.82, 2.24) is 0 Å². The first kappa shape index (κ1) is 16.3. The van der Waals surface area contributed by atoms with Crippen LogP contribution >= 0.6 is 0 Å². The number of benzene rings is 3. The summed E-state index contributed by atoms with van der Waals surface area (Å²) in [6.45, 7) is 0. The minimum Gasteiger partial charge on any atom is -0.314 e. The standard InChI is InChI=1S/C24H21NO/c1-25-22-15-9-8-14-21(22)24(23(25)26,18-20-12-6-3-7-13-20)17-16-19-10-4-2-5-11-19/h2-17H,18H2,1H3/b17-16+. The Morgan fingerprint density at radius 1 is 0.846 bits per heavy atom. The van der Waals surface area contributed by atoms with Gasteiger partial charge in [-0.1, -0.05) is 91.0 Å². The van der Waals surface area contributed by atoms with E-state index in [-0.39, 0.29) is 5.91 Å². The van der Waals surface area contributed by atoms with Crippen molar-refractivity contribution in [2.75, 3.05) is 11.9 Å². The third-order valence-electron chi connectivity index (χ3n) is 5.12. The molecule has 3 aromatic carbocycles. The van der Waals surface area contributed by atoms with Crippen LogP contribution < -0.4 is 4.90 Å². The molecule has 4 rings (SSSR count). The molecule has 1 heterocycles. The van der Waals surface area contributed by atoms with Crippen molar-refractivity contribution in [3.63, 3.8) is 0 Å². The molecule has 0 radical (unpaired) electrons. The second-order valence-electron chi connectivity index (χ2n) is 6.76. The van der Waals surface area contributed by atoms with Crippen LogP contribution in [-0.2, 0) is 16.6 Å². The zero-order chi connectivity index (χ0) is 18.0. The van der Waals surface area contributed by atoms with Crippen LogP contribution in [0.1, 0.15) is 16.7 Å². The fraction of sp³-hybridized carbons (Fsp3) is 0.125. The summed E-state index contributed by atoms with van der Waals surface area (Å²) in [5.41, 5.74) is 3.64. The fourth-order valence-electron chi connectivity index (χ4n) is 3.78. The van der Waals surface area contributed by atoms with E-state index in [0.717, 1.165) is 22.4 Å². The molecule has 1 unspecified atom stereocenters. The van der Waals surface area contributed by atoms with Gasteiger partial charge in [0.1, 0.15) is 0 Å². The fourth-order valence-corrected chi connectivity index (χ4v) is 3.78. The van der Waals surface area contributed by atoms with E-state index in [9.17, 15) is 4.79 Å². The van der Waals surface area contributed by atoms with E-state index >= 15 is 0 Å². The SMILES string of the molecule is CN1C(=O)C(/C=C/c2ccccc2)(Cc2ccccc2)c2ccccc21. The van der Waals surface area contributed by atoms with Gasteiger partial charge in [-0.25, -0.2) is 0 Å². The maximum absolute atomic E-state index is 13.4. The average molecular weight is 339 g/mol. The van der Waals surface area contributed by atoms with Gasteiger partial charge in [-0.2, -0.15) is 0 Å². The van der Waals surface area contributed by atoms with Crippen LogP contribution in [-0.4, -0.2) is 13.0 Å². The monoisotopic (exact) mass is 339 g/mol. The van der Waals surface area contributed by atoms with Gasteiger partial charge in [-0.05, 0) is 29.2 Å². The molecule has 1 aliphatic rings. The third-order valence-corrected chi connectivity index (χ3v) is 5.12. The first-order chi connectivity index (χ1) is 12.7. The van der Waals surface area contributed by atoms with Gasteiger partial charge in [0.2, 0.25) is 5.91 Å². The molecule has 26 heavy (non-hydrogen) atoms. The highest BCUT2D eigenvalue weighted by Crippen LogP contribution is 2.44. The molecule has 0 bridgehead atoms. The van der Waals surface area contributed by atoms with Gasteiger partial charge in [0.05, 0.1) is 5.41 Å². The quantitative estimate of drug-likeness (QED) is 0.665. The summed E-state index contributed by atoms with van der Waals surface area (Å²) < 4.78 is 0. The van der Waals surface area contributed by atoms with Crippen LogP contribution in [0.15, 0.2) is 91.0 Å². The van der Waals surface area contributed by atoms with Crippen LogP contribution in [0.4, 0.5) is 5.69 Å². The molecule has 2 heteroatoms. The van der Waals surface area contributed by atoms with Crippen LogP contribution in [0.3, 0.4) is 0 Å². The van der Waals surface area contributed by atoms with Crippen molar-refractivity contribution in [1.29, 1.82) is 0 Å². The number of nitrogens with zero attached hydrogens (tertiary/aromatic N) is 1. The van der Waals surface area contributed by atoms with Crippen LogP contribution in [0.25, 0.3) is 6.08 Å². The van der Waals surface area contributed by atoms with E-state index in [1.165, 1.54) is 0 Å². The van der Waals surface area contributed by atoms with Crippen molar-refractivity contribution < 1.29 is 4.79 Å². The van der Waals surface area contributed by atoms with Crippen molar-refractivity contribution in [3.05, 3.63) is 108 Å². The maximum Gasteiger partial charge on any atom is 0.241 e. The number of para-hydroxylation sites is 1. The van der Waals surface area contributed by atoms with Gasteiger partial charge in [0.15, 0.2) is 0 Å². The predicted octanol–water partition coefficient (Wildman–Crippen LogP) is 4.86. The van der Waals surface area contributed by atoms with E-state index < -0.39 is 5.41 Å². The molecule has 1 atom stereocenters.